The molecule has 2 unspecified atom stereocenters. The van der Waals surface area contributed by atoms with Crippen LogP contribution in [0.1, 0.15) is 71.4 Å². The van der Waals surface area contributed by atoms with Crippen LogP contribution in [-0.4, -0.2) is 17.7 Å². The van der Waals surface area contributed by atoms with E-state index in [1.807, 2.05) is 45.0 Å². The lowest BCUT2D eigenvalue weighted by molar-refractivity contribution is 0.0983. The van der Waals surface area contributed by atoms with Crippen LogP contribution in [0.25, 0.3) is 0 Å². The molecular formula is C21H22O3. The van der Waals surface area contributed by atoms with Crippen LogP contribution >= 0.6 is 0 Å². The molecule has 0 fully saturated rings. The molecule has 1 aliphatic heterocycles. The Kier molecular flexibility index (Phi) is 4.52. The van der Waals surface area contributed by atoms with Gasteiger partial charge in [-0.15, -0.1) is 0 Å². The van der Waals surface area contributed by atoms with Gasteiger partial charge in [0.15, 0.2) is 11.6 Å². The van der Waals surface area contributed by atoms with Crippen molar-refractivity contribution in [3.8, 4) is 5.75 Å². The number of Topliss-reactive ketones (excluding diaryl/α,β-unsaturated/α-hetero) is 2. The van der Waals surface area contributed by atoms with E-state index in [1.54, 1.807) is 6.07 Å². The van der Waals surface area contributed by atoms with Gasteiger partial charge in [-0.05, 0) is 24.6 Å². The lowest BCUT2D eigenvalue weighted by atomic mass is 9.86. The van der Waals surface area contributed by atoms with E-state index in [1.165, 1.54) is 0 Å². The molecule has 2 aromatic carbocycles. The maximum absolute atomic E-state index is 12.4. The maximum atomic E-state index is 12.4. The van der Waals surface area contributed by atoms with Gasteiger partial charge in [0.05, 0.1) is 5.56 Å². The van der Waals surface area contributed by atoms with Crippen molar-refractivity contribution < 1.29 is 14.3 Å². The minimum absolute atomic E-state index is 0.0120. The Bertz CT molecular complexity index is 777. The van der Waals surface area contributed by atoms with Crippen molar-refractivity contribution in [1.82, 2.24) is 0 Å². The number of carbonyl (C=O) groups is 2. The van der Waals surface area contributed by atoms with Gasteiger partial charge in [0.2, 0.25) is 0 Å². The Morgan fingerprint density at radius 1 is 1.00 bits per heavy atom. The molecule has 3 rings (SSSR count). The quantitative estimate of drug-likeness (QED) is 0.744. The first kappa shape index (κ1) is 16.4. The normalized spacial score (nSPS) is 18.8. The van der Waals surface area contributed by atoms with Crippen molar-refractivity contribution >= 4 is 11.6 Å². The van der Waals surface area contributed by atoms with Crippen molar-refractivity contribution in [2.24, 2.45) is 0 Å². The van der Waals surface area contributed by atoms with Crippen molar-refractivity contribution in [1.29, 1.82) is 0 Å². The summed E-state index contributed by atoms with van der Waals surface area (Å²) in [6.45, 7) is 5.68. The van der Waals surface area contributed by atoms with Crippen molar-refractivity contribution in [3.05, 3.63) is 64.7 Å². The second-order valence-electron chi connectivity index (χ2n) is 6.21. The highest BCUT2D eigenvalue weighted by molar-refractivity contribution is 6.03. The van der Waals surface area contributed by atoms with Crippen LogP contribution < -0.4 is 4.74 Å². The summed E-state index contributed by atoms with van der Waals surface area (Å²) in [4.78, 5) is 24.6. The summed E-state index contributed by atoms with van der Waals surface area (Å²) in [7, 11) is 0. The molecule has 3 nitrogen and oxygen atoms in total. The van der Waals surface area contributed by atoms with E-state index in [2.05, 4.69) is 12.1 Å². The second kappa shape index (κ2) is 6.60. The first-order chi connectivity index (χ1) is 11.6. The first-order valence-electron chi connectivity index (χ1n) is 8.52. The number of rotatable bonds is 5. The number of ketones is 2. The summed E-state index contributed by atoms with van der Waals surface area (Å²) in [5, 5.41) is 0. The van der Waals surface area contributed by atoms with E-state index in [0.29, 0.717) is 29.7 Å². The zero-order valence-electron chi connectivity index (χ0n) is 14.3. The Morgan fingerprint density at radius 2 is 1.67 bits per heavy atom. The molecule has 2 atom stereocenters. The molecule has 0 spiro atoms. The SMILES string of the molecule is CCC(=O)c1cc(C(=O)CC)c2c(c1)C(c1ccccc1)C(C)O2. The number of carbonyl (C=O) groups excluding carboxylic acids is 2. The van der Waals surface area contributed by atoms with Crippen LogP contribution in [0.15, 0.2) is 42.5 Å². The Morgan fingerprint density at radius 3 is 2.29 bits per heavy atom. The average molecular weight is 322 g/mol. The van der Waals surface area contributed by atoms with Gasteiger partial charge in [0, 0.05) is 29.9 Å². The highest BCUT2D eigenvalue weighted by Gasteiger charge is 2.36. The number of hydrogen-bond donors (Lipinski definition) is 0. The van der Waals surface area contributed by atoms with Crippen molar-refractivity contribution in [2.45, 2.75) is 45.6 Å². The van der Waals surface area contributed by atoms with Gasteiger partial charge in [-0.25, -0.2) is 0 Å². The van der Waals surface area contributed by atoms with Crippen LogP contribution in [0.5, 0.6) is 5.75 Å². The summed E-state index contributed by atoms with van der Waals surface area (Å²) >= 11 is 0. The van der Waals surface area contributed by atoms with E-state index in [-0.39, 0.29) is 23.6 Å². The molecule has 24 heavy (non-hydrogen) atoms. The lowest BCUT2D eigenvalue weighted by Crippen LogP contribution is -2.15. The third-order valence-corrected chi connectivity index (χ3v) is 4.65. The molecule has 0 aliphatic carbocycles. The second-order valence-corrected chi connectivity index (χ2v) is 6.21. The fourth-order valence-electron chi connectivity index (χ4n) is 3.39. The molecule has 3 heteroatoms. The molecule has 0 saturated heterocycles. The molecule has 0 aromatic heterocycles. The van der Waals surface area contributed by atoms with E-state index in [4.69, 9.17) is 4.74 Å². The van der Waals surface area contributed by atoms with Crippen molar-refractivity contribution in [3.63, 3.8) is 0 Å². The molecule has 1 aliphatic rings. The third kappa shape index (κ3) is 2.75. The summed E-state index contributed by atoms with van der Waals surface area (Å²) in [5.74, 6) is 0.748. The number of fused-ring (bicyclic) bond motifs is 1. The van der Waals surface area contributed by atoms with Crippen molar-refractivity contribution in [2.75, 3.05) is 0 Å². The van der Waals surface area contributed by atoms with Crippen LogP contribution in [0.4, 0.5) is 0 Å². The van der Waals surface area contributed by atoms with E-state index >= 15 is 0 Å². The summed E-state index contributed by atoms with van der Waals surface area (Å²) in [6.07, 6.45) is 0.743. The van der Waals surface area contributed by atoms with Gasteiger partial charge in [-0.1, -0.05) is 44.2 Å². The largest absolute Gasteiger partial charge is 0.489 e. The minimum Gasteiger partial charge on any atom is -0.489 e. The Hall–Kier alpha value is -2.42. The fourth-order valence-corrected chi connectivity index (χ4v) is 3.39. The van der Waals surface area contributed by atoms with Crippen LogP contribution in [0, 0.1) is 0 Å². The summed E-state index contributed by atoms with van der Waals surface area (Å²) in [5.41, 5.74) is 3.23. The summed E-state index contributed by atoms with van der Waals surface area (Å²) in [6, 6.07) is 13.7. The summed E-state index contributed by atoms with van der Waals surface area (Å²) < 4.78 is 6.06. The molecule has 0 bridgehead atoms. The van der Waals surface area contributed by atoms with Gasteiger partial charge in [0.1, 0.15) is 11.9 Å². The topological polar surface area (TPSA) is 43.4 Å². The first-order valence-corrected chi connectivity index (χ1v) is 8.52. The smallest absolute Gasteiger partial charge is 0.166 e. The molecule has 0 amide bonds. The monoisotopic (exact) mass is 322 g/mol. The number of hydrogen-bond acceptors (Lipinski definition) is 3. The zero-order chi connectivity index (χ0) is 17.3. The molecule has 0 saturated carbocycles. The Balaban J connectivity index is 2.20. The van der Waals surface area contributed by atoms with E-state index < -0.39 is 0 Å². The van der Waals surface area contributed by atoms with Crippen LogP contribution in [0.2, 0.25) is 0 Å². The van der Waals surface area contributed by atoms with E-state index in [9.17, 15) is 9.59 Å². The molecule has 124 valence electrons. The minimum atomic E-state index is -0.0715. The molecule has 0 N–H and O–H groups in total. The van der Waals surface area contributed by atoms with Gasteiger partial charge in [-0.3, -0.25) is 9.59 Å². The molecule has 1 heterocycles. The standard InChI is InChI=1S/C21H22O3/c1-4-18(22)15-11-16(19(23)5-2)21-17(12-15)20(13(3)24-21)14-9-7-6-8-10-14/h6-13,20H,4-5H2,1-3H3. The highest BCUT2D eigenvalue weighted by Crippen LogP contribution is 2.45. The molecular weight excluding hydrogens is 300 g/mol. The third-order valence-electron chi connectivity index (χ3n) is 4.65. The predicted octanol–water partition coefficient (Wildman–Crippen LogP) is 4.78. The highest BCUT2D eigenvalue weighted by atomic mass is 16.5. The fraction of sp³-hybridized carbons (Fsp3) is 0.333. The predicted molar refractivity (Wildman–Crippen MR) is 94.1 cm³/mol. The van der Waals surface area contributed by atoms with Gasteiger partial charge in [0.25, 0.3) is 0 Å². The molecule has 2 aromatic rings. The van der Waals surface area contributed by atoms with Gasteiger partial charge < -0.3 is 4.74 Å². The maximum Gasteiger partial charge on any atom is 0.166 e. The van der Waals surface area contributed by atoms with E-state index in [0.717, 1.165) is 11.1 Å². The van der Waals surface area contributed by atoms with Gasteiger partial charge >= 0.3 is 0 Å². The Labute approximate surface area is 142 Å². The lowest BCUT2D eigenvalue weighted by Gasteiger charge is -2.15. The molecule has 0 radical (unpaired) electrons. The number of ether oxygens (including phenoxy) is 1. The number of benzene rings is 2. The average Bonchev–Trinajstić information content (AvgIpc) is 2.95. The van der Waals surface area contributed by atoms with Crippen LogP contribution in [0.3, 0.4) is 0 Å². The van der Waals surface area contributed by atoms with Crippen LogP contribution in [-0.2, 0) is 0 Å². The van der Waals surface area contributed by atoms with Gasteiger partial charge in [-0.2, -0.15) is 0 Å². The zero-order valence-corrected chi connectivity index (χ0v) is 14.3.